The van der Waals surface area contributed by atoms with Gasteiger partial charge in [0.2, 0.25) is 0 Å². The molecular weight excluding hydrogens is 414 g/mol. The van der Waals surface area contributed by atoms with Crippen LogP contribution < -0.4 is 0 Å². The fraction of sp³-hybridized carbons (Fsp3) is 0.174. The van der Waals surface area contributed by atoms with E-state index in [1.807, 2.05) is 54.6 Å². The van der Waals surface area contributed by atoms with Crippen molar-refractivity contribution in [1.29, 1.82) is 0 Å². The van der Waals surface area contributed by atoms with E-state index < -0.39 is 5.97 Å². The predicted octanol–water partition coefficient (Wildman–Crippen LogP) is 3.98. The second-order valence-electron chi connectivity index (χ2n) is 6.91. The molecule has 7 nitrogen and oxygen atoms in total. The maximum absolute atomic E-state index is 13.1. The average Bonchev–Trinajstić information content (AvgIpc) is 3.25. The van der Waals surface area contributed by atoms with Gasteiger partial charge in [0, 0.05) is 29.8 Å². The lowest BCUT2D eigenvalue weighted by Gasteiger charge is -2.14. The predicted molar refractivity (Wildman–Crippen MR) is 122 cm³/mol. The maximum atomic E-state index is 13.1. The monoisotopic (exact) mass is 435 g/mol. The third-order valence-corrected chi connectivity index (χ3v) is 5.81. The van der Waals surface area contributed by atoms with Crippen molar-refractivity contribution in [3.63, 3.8) is 0 Å². The molecule has 0 radical (unpaired) electrons. The van der Waals surface area contributed by atoms with Crippen molar-refractivity contribution in [2.24, 2.45) is 4.99 Å². The minimum absolute atomic E-state index is 0.146. The van der Waals surface area contributed by atoms with E-state index >= 15 is 0 Å². The lowest BCUT2D eigenvalue weighted by Crippen LogP contribution is -2.32. The van der Waals surface area contributed by atoms with Crippen molar-refractivity contribution in [1.82, 2.24) is 9.47 Å². The highest BCUT2D eigenvalue weighted by Gasteiger charge is 2.33. The maximum Gasteiger partial charge on any atom is 0.323 e. The summed E-state index contributed by atoms with van der Waals surface area (Å²) in [6.07, 6.45) is 3.58. The molecule has 0 bridgehead atoms. The van der Waals surface area contributed by atoms with Gasteiger partial charge >= 0.3 is 5.97 Å². The number of rotatable bonds is 7. The van der Waals surface area contributed by atoms with E-state index in [9.17, 15) is 14.7 Å². The summed E-state index contributed by atoms with van der Waals surface area (Å²) in [5.41, 5.74) is 2.36. The van der Waals surface area contributed by atoms with Gasteiger partial charge in [0.15, 0.2) is 5.17 Å². The van der Waals surface area contributed by atoms with Crippen LogP contribution in [0.4, 0.5) is 5.69 Å². The molecule has 2 aromatic carbocycles. The summed E-state index contributed by atoms with van der Waals surface area (Å²) in [4.78, 5) is 31.2. The van der Waals surface area contributed by atoms with Crippen LogP contribution >= 0.6 is 11.8 Å². The quantitative estimate of drug-likeness (QED) is 0.568. The van der Waals surface area contributed by atoms with Crippen LogP contribution in [0.25, 0.3) is 17.0 Å². The first-order chi connectivity index (χ1) is 15.1. The minimum Gasteiger partial charge on any atom is -0.480 e. The molecule has 1 amide bonds. The minimum atomic E-state index is -0.922. The van der Waals surface area contributed by atoms with Gasteiger partial charge < -0.3 is 14.4 Å². The zero-order valence-corrected chi connectivity index (χ0v) is 17.7. The Morgan fingerprint density at radius 1 is 1.16 bits per heavy atom. The zero-order chi connectivity index (χ0) is 21.8. The number of aliphatic carboxylic acids is 1. The number of nitrogens with zero attached hydrogens (tertiary/aromatic N) is 3. The third-order valence-electron chi connectivity index (χ3n) is 4.80. The number of amidine groups is 1. The van der Waals surface area contributed by atoms with Gasteiger partial charge in [0.1, 0.15) is 6.54 Å². The van der Waals surface area contributed by atoms with Crippen LogP contribution in [-0.4, -0.2) is 51.9 Å². The van der Waals surface area contributed by atoms with Crippen molar-refractivity contribution in [2.45, 2.75) is 6.54 Å². The van der Waals surface area contributed by atoms with E-state index in [0.717, 1.165) is 22.2 Å². The van der Waals surface area contributed by atoms with Crippen LogP contribution in [0.2, 0.25) is 0 Å². The fourth-order valence-corrected chi connectivity index (χ4v) is 4.41. The molecule has 1 fully saturated rings. The largest absolute Gasteiger partial charge is 0.480 e. The standard InChI is InChI=1S/C23H21N3O4S/c1-30-12-11-26-22(29)20(31-23(26)24-17-7-3-2-4-8-17)13-16-14-25(15-21(27)28)19-10-6-5-9-18(16)19/h2-10,13-14H,11-12,15H2,1H3,(H,27,28)/b20-13-,24-23?. The number of methoxy groups -OCH3 is 1. The van der Waals surface area contributed by atoms with E-state index in [-0.39, 0.29) is 12.5 Å². The average molecular weight is 436 g/mol. The van der Waals surface area contributed by atoms with Crippen LogP contribution in [-0.2, 0) is 20.9 Å². The molecule has 3 aromatic rings. The van der Waals surface area contributed by atoms with E-state index in [1.54, 1.807) is 28.8 Å². The summed E-state index contributed by atoms with van der Waals surface area (Å²) in [6, 6.07) is 17.0. The second-order valence-corrected chi connectivity index (χ2v) is 7.92. The Bertz CT molecular complexity index is 1180. The van der Waals surface area contributed by atoms with Crippen LogP contribution in [0.1, 0.15) is 5.56 Å². The molecule has 1 aromatic heterocycles. The normalized spacial score (nSPS) is 16.7. The van der Waals surface area contributed by atoms with Crippen LogP contribution in [0, 0.1) is 0 Å². The number of aromatic nitrogens is 1. The molecule has 0 saturated carbocycles. The topological polar surface area (TPSA) is 84.1 Å². The van der Waals surface area contributed by atoms with E-state index in [4.69, 9.17) is 4.74 Å². The molecule has 0 atom stereocenters. The second kappa shape index (κ2) is 9.20. The van der Waals surface area contributed by atoms with E-state index in [1.165, 1.54) is 11.8 Å². The first kappa shape index (κ1) is 20.9. The number of carboxylic acids is 1. The van der Waals surface area contributed by atoms with Crippen molar-refractivity contribution >= 4 is 51.5 Å². The third kappa shape index (κ3) is 4.55. The highest BCUT2D eigenvalue weighted by Crippen LogP contribution is 2.35. The summed E-state index contributed by atoms with van der Waals surface area (Å²) < 4.78 is 6.84. The number of hydrogen-bond acceptors (Lipinski definition) is 5. The number of benzene rings is 2. The van der Waals surface area contributed by atoms with E-state index in [2.05, 4.69) is 4.99 Å². The number of para-hydroxylation sites is 2. The van der Waals surface area contributed by atoms with Crippen molar-refractivity contribution in [3.8, 4) is 0 Å². The summed E-state index contributed by atoms with van der Waals surface area (Å²) in [5, 5.41) is 10.7. The molecule has 1 aliphatic heterocycles. The number of carbonyl (C=O) groups excluding carboxylic acids is 1. The Labute approximate surface area is 183 Å². The summed E-state index contributed by atoms with van der Waals surface area (Å²) in [7, 11) is 1.59. The number of carboxylic acid groups (broad SMARTS) is 1. The molecule has 158 valence electrons. The zero-order valence-electron chi connectivity index (χ0n) is 16.9. The molecule has 2 heterocycles. The lowest BCUT2D eigenvalue weighted by atomic mass is 10.1. The van der Waals surface area contributed by atoms with Gasteiger partial charge in [-0.1, -0.05) is 36.4 Å². The highest BCUT2D eigenvalue weighted by atomic mass is 32.2. The molecule has 31 heavy (non-hydrogen) atoms. The highest BCUT2D eigenvalue weighted by molar-refractivity contribution is 8.18. The molecule has 0 unspecified atom stereocenters. The smallest absolute Gasteiger partial charge is 0.323 e. The van der Waals surface area contributed by atoms with Gasteiger partial charge in [-0.05, 0) is 36.0 Å². The number of ether oxygens (including phenoxy) is 1. The molecular formula is C23H21N3O4S. The number of thioether (sulfide) groups is 1. The molecule has 1 N–H and O–H groups in total. The number of aliphatic imine (C=N–C) groups is 1. The molecule has 1 aliphatic rings. The Hall–Kier alpha value is -3.36. The van der Waals surface area contributed by atoms with Gasteiger partial charge in [0.25, 0.3) is 5.91 Å². The van der Waals surface area contributed by atoms with Gasteiger partial charge in [-0.15, -0.1) is 0 Å². The summed E-state index contributed by atoms with van der Waals surface area (Å²) >= 11 is 1.31. The van der Waals surface area contributed by atoms with Crippen LogP contribution in [0.5, 0.6) is 0 Å². The van der Waals surface area contributed by atoms with Crippen LogP contribution in [0.15, 0.2) is 70.7 Å². The molecule has 4 rings (SSSR count). The van der Waals surface area contributed by atoms with Crippen molar-refractivity contribution < 1.29 is 19.4 Å². The summed E-state index contributed by atoms with van der Waals surface area (Å²) in [6.45, 7) is 0.642. The Morgan fingerprint density at radius 3 is 2.65 bits per heavy atom. The number of fused-ring (bicyclic) bond motifs is 1. The van der Waals surface area contributed by atoms with Crippen molar-refractivity contribution in [3.05, 3.63) is 71.3 Å². The Balaban J connectivity index is 1.73. The molecule has 0 spiro atoms. The molecule has 0 aliphatic carbocycles. The first-order valence-corrected chi connectivity index (χ1v) is 10.5. The Morgan fingerprint density at radius 2 is 1.90 bits per heavy atom. The Kier molecular flexibility index (Phi) is 6.20. The van der Waals surface area contributed by atoms with Gasteiger partial charge in [0.05, 0.1) is 23.7 Å². The SMILES string of the molecule is COCCN1C(=O)/C(=C/c2cn(CC(=O)O)c3ccccc23)SC1=Nc1ccccc1. The first-order valence-electron chi connectivity index (χ1n) is 9.70. The van der Waals surface area contributed by atoms with Crippen molar-refractivity contribution in [2.75, 3.05) is 20.3 Å². The molecule has 1 saturated heterocycles. The van der Waals surface area contributed by atoms with E-state index in [0.29, 0.717) is 23.2 Å². The molecule has 8 heteroatoms. The fourth-order valence-electron chi connectivity index (χ4n) is 3.39. The number of hydrogen-bond donors (Lipinski definition) is 1. The summed E-state index contributed by atoms with van der Waals surface area (Å²) in [5.74, 6) is -1.07. The van der Waals surface area contributed by atoms with Gasteiger partial charge in [-0.3, -0.25) is 14.5 Å². The number of carbonyl (C=O) groups is 2. The van der Waals surface area contributed by atoms with Gasteiger partial charge in [-0.25, -0.2) is 4.99 Å². The van der Waals surface area contributed by atoms with Gasteiger partial charge in [-0.2, -0.15) is 0 Å². The number of amides is 1. The van der Waals surface area contributed by atoms with Crippen LogP contribution in [0.3, 0.4) is 0 Å². The lowest BCUT2D eigenvalue weighted by molar-refractivity contribution is -0.137.